The van der Waals surface area contributed by atoms with Crippen molar-refractivity contribution in [3.8, 4) is 0 Å². The van der Waals surface area contributed by atoms with E-state index in [-0.39, 0.29) is 49.5 Å². The maximum atomic E-state index is 15.0. The predicted molar refractivity (Wildman–Crippen MR) is 300 cm³/mol. The monoisotopic (exact) mass is 1110 g/mol. The zero-order valence-electron chi connectivity index (χ0n) is 51.3. The molecule has 9 amide bonds. The molecule has 0 saturated heterocycles. The van der Waals surface area contributed by atoms with Crippen LogP contribution in [0.15, 0.2) is 12.2 Å². The lowest BCUT2D eigenvalue weighted by Gasteiger charge is -2.41. The van der Waals surface area contributed by atoms with Gasteiger partial charge in [0.05, 0.1) is 19.3 Å². The van der Waals surface area contributed by atoms with E-state index >= 15 is 0 Å². The minimum atomic E-state index is -1.55. The Morgan fingerprint density at radius 2 is 0.962 bits per heavy atom. The molecule has 0 aromatic heterocycles. The number of nitrogens with one attached hydrogen (secondary N) is 3. The normalized spacial score (nSPS) is 16.0. The fourth-order valence-corrected chi connectivity index (χ4v) is 9.10. The third kappa shape index (κ3) is 21.2. The van der Waals surface area contributed by atoms with E-state index in [0.29, 0.717) is 12.8 Å². The molecule has 0 spiro atoms. The second-order valence-electron chi connectivity index (χ2n) is 23.1. The van der Waals surface area contributed by atoms with Gasteiger partial charge in [-0.15, -0.1) is 0 Å². The minimum Gasteiger partial charge on any atom is -0.468 e. The van der Waals surface area contributed by atoms with Crippen LogP contribution in [-0.4, -0.2) is 210 Å². The zero-order valence-corrected chi connectivity index (χ0v) is 51.3. The Hall–Kier alpha value is -5.64. The summed E-state index contributed by atoms with van der Waals surface area (Å²) < 4.78 is 4.70. The molecule has 0 heterocycles. The van der Waals surface area contributed by atoms with Crippen molar-refractivity contribution in [1.29, 1.82) is 0 Å². The lowest BCUT2D eigenvalue weighted by molar-refractivity contribution is -0.157. The van der Waals surface area contributed by atoms with Crippen LogP contribution in [0.5, 0.6) is 0 Å². The predicted octanol–water partition coefficient (Wildman–Crippen LogP) is 2.40. The first-order valence-electron chi connectivity index (χ1n) is 27.6. The smallest absolute Gasteiger partial charge is 0.325 e. The number of amides is 9. The number of methoxy groups -OCH3 is 1. The number of rotatable bonds is 32. The number of aliphatic hydroxyl groups excluding tert-OH is 1. The third-order valence-corrected chi connectivity index (χ3v) is 14.2. The van der Waals surface area contributed by atoms with E-state index in [1.54, 1.807) is 54.5 Å². The standard InChI is InChI=1S/C56H102N10O12/c1-23-25-26-36(13)47(68)46(50(71)60-39(24-2)52(73)61(16)30-43(67)78-22)66(21)56(77)45(35(11)12)65(20)54(75)42(29-33(7)8)64(19)53(74)41(28-32(5)6)63(18)51(72)38(15)59-48(69)37(14)58-49(70)40(27-31(3)4)62(17)55(76)44(57)34(9)10/h23,25,31-42,44-47,68H,24,26-30,57H2,1-22H3,(H,58,70)(H,59,69)(H,60,71)/t36-,37+,38-,39+,40+,41+,42+,44+,45+,46+,47-/m1/s1. The largest absolute Gasteiger partial charge is 0.468 e. The zero-order chi connectivity index (χ0) is 61.0. The lowest BCUT2D eigenvalue weighted by Crippen LogP contribution is -2.63. The Morgan fingerprint density at radius 3 is 1.40 bits per heavy atom. The highest BCUT2D eigenvalue weighted by atomic mass is 16.5. The summed E-state index contributed by atoms with van der Waals surface area (Å²) in [6.45, 7) is 26.1. The molecule has 22 nitrogen and oxygen atoms in total. The van der Waals surface area contributed by atoms with E-state index in [1.807, 2.05) is 47.6 Å². The van der Waals surface area contributed by atoms with E-state index in [9.17, 15) is 53.1 Å². The van der Waals surface area contributed by atoms with Crippen molar-refractivity contribution in [3.63, 3.8) is 0 Å². The van der Waals surface area contributed by atoms with Crippen LogP contribution in [0.2, 0.25) is 0 Å². The van der Waals surface area contributed by atoms with Crippen LogP contribution in [0.3, 0.4) is 0 Å². The van der Waals surface area contributed by atoms with Gasteiger partial charge >= 0.3 is 5.97 Å². The summed E-state index contributed by atoms with van der Waals surface area (Å²) >= 11 is 0. The number of hydrogen-bond acceptors (Lipinski definition) is 13. The van der Waals surface area contributed by atoms with E-state index in [1.165, 1.54) is 82.8 Å². The van der Waals surface area contributed by atoms with Crippen LogP contribution in [-0.2, 0) is 52.7 Å². The van der Waals surface area contributed by atoms with Gasteiger partial charge in [-0.2, -0.15) is 0 Å². The number of esters is 1. The molecule has 0 rings (SSSR count). The number of allylic oxidation sites excluding steroid dienone is 2. The summed E-state index contributed by atoms with van der Waals surface area (Å²) in [7, 11) is 9.75. The number of aliphatic hydroxyl groups is 1. The van der Waals surface area contributed by atoms with Crippen molar-refractivity contribution < 1.29 is 57.8 Å². The number of ether oxygens (including phenoxy) is 1. The summed E-state index contributed by atoms with van der Waals surface area (Å²) in [6.07, 6.45) is 3.22. The van der Waals surface area contributed by atoms with Gasteiger partial charge < -0.3 is 60.9 Å². The molecule has 11 atom stereocenters. The van der Waals surface area contributed by atoms with Crippen molar-refractivity contribution in [3.05, 3.63) is 12.2 Å². The molecule has 0 fully saturated rings. The molecule has 0 aliphatic rings. The molecule has 0 aliphatic heterocycles. The number of nitrogens with zero attached hydrogens (tertiary/aromatic N) is 6. The summed E-state index contributed by atoms with van der Waals surface area (Å²) in [5.41, 5.74) is 6.13. The van der Waals surface area contributed by atoms with Gasteiger partial charge in [-0.1, -0.05) is 95.2 Å². The Balaban J connectivity index is 6.97. The maximum absolute atomic E-state index is 15.0. The Labute approximate surface area is 466 Å². The Kier molecular flexibility index (Phi) is 31.3. The summed E-state index contributed by atoms with van der Waals surface area (Å²) in [6, 6.07) is -10.3. The fourth-order valence-electron chi connectivity index (χ4n) is 9.10. The Bertz CT molecular complexity index is 2050. The highest BCUT2D eigenvalue weighted by Crippen LogP contribution is 2.25. The molecule has 0 radical (unpaired) electrons. The molecular weight excluding hydrogens is 1000 g/mol. The lowest BCUT2D eigenvalue weighted by atomic mass is 9.91. The minimum absolute atomic E-state index is 0.0103. The number of hydrogen-bond donors (Lipinski definition) is 5. The van der Waals surface area contributed by atoms with Gasteiger partial charge in [0.25, 0.3) is 0 Å². The van der Waals surface area contributed by atoms with Gasteiger partial charge in [-0.3, -0.25) is 47.9 Å². The second-order valence-corrected chi connectivity index (χ2v) is 23.1. The Morgan fingerprint density at radius 1 is 0.526 bits per heavy atom. The average molecular weight is 1110 g/mol. The molecule has 0 bridgehead atoms. The van der Waals surface area contributed by atoms with E-state index < -0.39 is 131 Å². The van der Waals surface area contributed by atoms with Crippen LogP contribution in [0.4, 0.5) is 0 Å². The number of carbonyl (C=O) groups excluding carboxylic acids is 10. The highest BCUT2D eigenvalue weighted by molar-refractivity contribution is 5.98. The molecule has 0 aromatic carbocycles. The van der Waals surface area contributed by atoms with Crippen molar-refractivity contribution in [1.82, 2.24) is 45.3 Å². The molecule has 0 unspecified atom stereocenters. The number of nitrogens with two attached hydrogens (primary N) is 1. The topological polar surface area (TPSA) is 282 Å². The second kappa shape index (κ2) is 33.7. The molecule has 0 saturated carbocycles. The average Bonchev–Trinajstić information content (AvgIpc) is 3.36. The van der Waals surface area contributed by atoms with Gasteiger partial charge in [0, 0.05) is 42.3 Å². The van der Waals surface area contributed by atoms with Crippen molar-refractivity contribution in [2.75, 3.05) is 55.9 Å². The number of carbonyl (C=O) groups is 10. The first-order valence-corrected chi connectivity index (χ1v) is 27.6. The fraction of sp³-hybridized carbons (Fsp3) is 0.786. The molecule has 0 aliphatic carbocycles. The molecular formula is C56H102N10O12. The number of likely N-dealkylation sites (N-methyl/N-ethyl adjacent to an activating group) is 6. The van der Waals surface area contributed by atoms with Crippen molar-refractivity contribution in [2.24, 2.45) is 41.2 Å². The van der Waals surface area contributed by atoms with Crippen molar-refractivity contribution >= 4 is 59.1 Å². The maximum Gasteiger partial charge on any atom is 0.325 e. The van der Waals surface area contributed by atoms with Crippen LogP contribution >= 0.6 is 0 Å². The molecule has 6 N–H and O–H groups in total. The molecule has 0 aromatic rings. The van der Waals surface area contributed by atoms with Gasteiger partial charge in [0.2, 0.25) is 53.2 Å². The van der Waals surface area contributed by atoms with Gasteiger partial charge in [0.1, 0.15) is 54.9 Å². The third-order valence-electron chi connectivity index (χ3n) is 14.2. The van der Waals surface area contributed by atoms with Crippen LogP contribution < -0.4 is 21.7 Å². The summed E-state index contributed by atoms with van der Waals surface area (Å²) in [5, 5.41) is 19.9. The van der Waals surface area contributed by atoms with Crippen molar-refractivity contribution in [2.45, 2.75) is 196 Å². The van der Waals surface area contributed by atoms with E-state index in [0.717, 1.165) is 9.80 Å². The van der Waals surface area contributed by atoms with Gasteiger partial charge in [-0.05, 0) is 88.4 Å². The highest BCUT2D eigenvalue weighted by Gasteiger charge is 2.45. The van der Waals surface area contributed by atoms with Gasteiger partial charge in [-0.25, -0.2) is 0 Å². The first-order chi connectivity index (χ1) is 36.0. The van der Waals surface area contributed by atoms with E-state index in [4.69, 9.17) is 10.5 Å². The van der Waals surface area contributed by atoms with Gasteiger partial charge in [0.15, 0.2) is 0 Å². The summed E-state index contributed by atoms with van der Waals surface area (Å²) in [4.78, 5) is 146. The first kappa shape index (κ1) is 72.4. The SMILES string of the molecule is CC=CC[C@@H](C)[C@@H](O)[C@@H](C(=O)N[C@@H](CC)C(=O)N(C)CC(=O)OC)N(C)C(=O)[C@H](C(C)C)N(C)C(=O)[C@H](CC(C)C)N(C)C(=O)[C@H](CC(C)C)N(C)C(=O)[C@@H](C)NC(=O)[C@H](C)NC(=O)[C@H](CC(C)C)N(C)C(=O)[C@@H](N)C(C)C. The molecule has 448 valence electrons. The van der Waals surface area contributed by atoms with Crippen LogP contribution in [0.25, 0.3) is 0 Å². The van der Waals surface area contributed by atoms with Crippen LogP contribution in [0, 0.1) is 35.5 Å². The van der Waals surface area contributed by atoms with Crippen LogP contribution in [0.1, 0.15) is 136 Å². The molecule has 22 heteroatoms. The van der Waals surface area contributed by atoms with E-state index in [2.05, 4.69) is 16.0 Å². The summed E-state index contributed by atoms with van der Waals surface area (Å²) in [5.74, 6) is -7.85. The quantitative estimate of drug-likeness (QED) is 0.0479. The molecule has 78 heavy (non-hydrogen) atoms.